The largest absolute Gasteiger partial charge is 0.321 e. The third-order valence-electron chi connectivity index (χ3n) is 4.12. The second-order valence-corrected chi connectivity index (χ2v) is 5.36. The summed E-state index contributed by atoms with van der Waals surface area (Å²) in [6.45, 7) is 2.35. The number of rotatable bonds is 1. The highest BCUT2D eigenvalue weighted by atomic mass is 14.8. The molecule has 0 aliphatic heterocycles. The highest BCUT2D eigenvalue weighted by Crippen LogP contribution is 2.44. The maximum atomic E-state index is 6.25. The predicted octanol–water partition coefficient (Wildman–Crippen LogP) is 3.07. The van der Waals surface area contributed by atoms with Gasteiger partial charge in [0.25, 0.3) is 0 Å². The van der Waals surface area contributed by atoms with E-state index in [1.54, 1.807) is 11.1 Å². The van der Waals surface area contributed by atoms with Gasteiger partial charge in [0.15, 0.2) is 0 Å². The lowest BCUT2D eigenvalue weighted by Gasteiger charge is -2.24. The third kappa shape index (κ3) is 1.50. The molecule has 1 aromatic carbocycles. The Labute approximate surface area is 91.7 Å². The predicted molar refractivity (Wildman–Crippen MR) is 62.9 cm³/mol. The van der Waals surface area contributed by atoms with Crippen molar-refractivity contribution in [2.24, 2.45) is 5.73 Å². The number of aryl methyl sites for hydroxylation is 1. The van der Waals surface area contributed by atoms with Crippen molar-refractivity contribution in [3.05, 3.63) is 34.9 Å². The Morgan fingerprint density at radius 3 is 2.87 bits per heavy atom. The van der Waals surface area contributed by atoms with Crippen LogP contribution in [0.15, 0.2) is 18.2 Å². The molecule has 3 rings (SSSR count). The van der Waals surface area contributed by atoms with Crippen molar-refractivity contribution >= 4 is 0 Å². The zero-order chi connectivity index (χ0) is 10.5. The summed E-state index contributed by atoms with van der Waals surface area (Å²) in [6.07, 6.45) is 6.28. The summed E-state index contributed by atoms with van der Waals surface area (Å²) in [5.74, 6) is 0.732. The van der Waals surface area contributed by atoms with E-state index in [-0.39, 0.29) is 5.54 Å². The minimum Gasteiger partial charge on any atom is -0.321 e. The second kappa shape index (κ2) is 3.08. The van der Waals surface area contributed by atoms with Crippen molar-refractivity contribution in [2.75, 3.05) is 0 Å². The molecule has 15 heavy (non-hydrogen) atoms. The van der Waals surface area contributed by atoms with Crippen molar-refractivity contribution in [2.45, 2.75) is 50.5 Å². The Balaban J connectivity index is 2.04. The SMILES string of the molecule is CC1CCCc2ccc(C3(N)CC3)cc21. The topological polar surface area (TPSA) is 26.0 Å². The van der Waals surface area contributed by atoms with Crippen molar-refractivity contribution in [1.29, 1.82) is 0 Å². The molecule has 1 atom stereocenters. The molecule has 0 saturated heterocycles. The Hall–Kier alpha value is -0.820. The van der Waals surface area contributed by atoms with E-state index in [2.05, 4.69) is 25.1 Å². The van der Waals surface area contributed by atoms with Crippen LogP contribution in [-0.2, 0) is 12.0 Å². The van der Waals surface area contributed by atoms with Gasteiger partial charge in [0.2, 0.25) is 0 Å². The van der Waals surface area contributed by atoms with Gasteiger partial charge in [-0.2, -0.15) is 0 Å². The zero-order valence-corrected chi connectivity index (χ0v) is 9.42. The van der Waals surface area contributed by atoms with Crippen LogP contribution in [0.5, 0.6) is 0 Å². The van der Waals surface area contributed by atoms with E-state index in [4.69, 9.17) is 5.73 Å². The van der Waals surface area contributed by atoms with Gasteiger partial charge in [-0.25, -0.2) is 0 Å². The first-order chi connectivity index (χ1) is 7.19. The molecule has 1 nitrogen and oxygen atoms in total. The van der Waals surface area contributed by atoms with E-state index in [1.807, 2.05) is 0 Å². The lowest BCUT2D eigenvalue weighted by Crippen LogP contribution is -2.20. The number of nitrogens with two attached hydrogens (primary N) is 1. The van der Waals surface area contributed by atoms with Gasteiger partial charge < -0.3 is 5.73 Å². The fourth-order valence-corrected chi connectivity index (χ4v) is 2.77. The van der Waals surface area contributed by atoms with E-state index >= 15 is 0 Å². The first-order valence-electron chi connectivity index (χ1n) is 6.11. The Kier molecular flexibility index (Phi) is 1.93. The molecule has 1 unspecified atom stereocenters. The molecular weight excluding hydrogens is 182 g/mol. The van der Waals surface area contributed by atoms with Crippen LogP contribution in [0.25, 0.3) is 0 Å². The molecule has 0 radical (unpaired) electrons. The molecule has 80 valence electrons. The van der Waals surface area contributed by atoms with E-state index in [0.717, 1.165) is 5.92 Å². The zero-order valence-electron chi connectivity index (χ0n) is 9.42. The quantitative estimate of drug-likeness (QED) is 0.742. The molecule has 1 saturated carbocycles. The van der Waals surface area contributed by atoms with Gasteiger partial charge in [-0.15, -0.1) is 0 Å². The molecule has 0 spiro atoms. The highest BCUT2D eigenvalue weighted by Gasteiger charge is 2.40. The van der Waals surface area contributed by atoms with Crippen LogP contribution in [0.4, 0.5) is 0 Å². The molecule has 0 amide bonds. The Morgan fingerprint density at radius 2 is 2.13 bits per heavy atom. The van der Waals surface area contributed by atoms with Gasteiger partial charge >= 0.3 is 0 Å². The molecule has 1 heteroatoms. The van der Waals surface area contributed by atoms with Crippen molar-refractivity contribution in [3.8, 4) is 0 Å². The molecule has 2 aliphatic rings. The average Bonchev–Trinajstić information content (AvgIpc) is 2.98. The van der Waals surface area contributed by atoms with Gasteiger partial charge in [0.1, 0.15) is 0 Å². The lowest BCUT2D eigenvalue weighted by molar-refractivity contribution is 0.587. The average molecular weight is 201 g/mol. The van der Waals surface area contributed by atoms with Crippen LogP contribution in [-0.4, -0.2) is 0 Å². The lowest BCUT2D eigenvalue weighted by atomic mass is 9.82. The van der Waals surface area contributed by atoms with Crippen LogP contribution < -0.4 is 5.73 Å². The molecule has 1 aromatic rings. The summed E-state index contributed by atoms with van der Waals surface area (Å²) in [5.41, 5.74) is 10.8. The summed E-state index contributed by atoms with van der Waals surface area (Å²) in [4.78, 5) is 0. The van der Waals surface area contributed by atoms with E-state index in [0.29, 0.717) is 0 Å². The molecule has 2 N–H and O–H groups in total. The first-order valence-corrected chi connectivity index (χ1v) is 6.11. The minimum absolute atomic E-state index is 0.0339. The molecule has 1 fully saturated rings. The summed E-state index contributed by atoms with van der Waals surface area (Å²) in [7, 11) is 0. The number of hydrogen-bond acceptors (Lipinski definition) is 1. The highest BCUT2D eigenvalue weighted by molar-refractivity contribution is 5.40. The maximum Gasteiger partial charge on any atom is 0.0411 e. The number of hydrogen-bond donors (Lipinski definition) is 1. The van der Waals surface area contributed by atoms with Crippen LogP contribution in [0.2, 0.25) is 0 Å². The fraction of sp³-hybridized carbons (Fsp3) is 0.571. The second-order valence-electron chi connectivity index (χ2n) is 5.36. The van der Waals surface area contributed by atoms with Gasteiger partial charge in [-0.3, -0.25) is 0 Å². The van der Waals surface area contributed by atoms with Crippen molar-refractivity contribution < 1.29 is 0 Å². The standard InChI is InChI=1S/C14H19N/c1-10-3-2-4-11-5-6-12(9-13(10)11)14(15)7-8-14/h5-6,9-10H,2-4,7-8,15H2,1H3. The number of benzene rings is 1. The summed E-state index contributed by atoms with van der Waals surface area (Å²) >= 11 is 0. The van der Waals surface area contributed by atoms with Gasteiger partial charge in [0, 0.05) is 5.54 Å². The van der Waals surface area contributed by atoms with E-state index in [9.17, 15) is 0 Å². The van der Waals surface area contributed by atoms with E-state index in [1.165, 1.54) is 37.7 Å². The molecule has 0 bridgehead atoms. The van der Waals surface area contributed by atoms with Gasteiger partial charge in [-0.1, -0.05) is 25.1 Å². The smallest absolute Gasteiger partial charge is 0.0411 e. The summed E-state index contributed by atoms with van der Waals surface area (Å²) < 4.78 is 0. The molecule has 0 heterocycles. The normalized spacial score (nSPS) is 27.2. The van der Waals surface area contributed by atoms with Crippen molar-refractivity contribution in [3.63, 3.8) is 0 Å². The molecule has 0 aromatic heterocycles. The number of fused-ring (bicyclic) bond motifs is 1. The van der Waals surface area contributed by atoms with Crippen molar-refractivity contribution in [1.82, 2.24) is 0 Å². The maximum absolute atomic E-state index is 6.25. The van der Waals surface area contributed by atoms with Crippen LogP contribution in [0.1, 0.15) is 55.2 Å². The monoisotopic (exact) mass is 201 g/mol. The van der Waals surface area contributed by atoms with Crippen LogP contribution in [0.3, 0.4) is 0 Å². The summed E-state index contributed by atoms with van der Waals surface area (Å²) in [5, 5.41) is 0. The molecular formula is C14H19N. The first kappa shape index (κ1) is 9.41. The fourth-order valence-electron chi connectivity index (χ4n) is 2.77. The Morgan fingerprint density at radius 1 is 1.33 bits per heavy atom. The van der Waals surface area contributed by atoms with Crippen LogP contribution in [0, 0.1) is 0 Å². The van der Waals surface area contributed by atoms with Gasteiger partial charge in [0.05, 0.1) is 0 Å². The third-order valence-corrected chi connectivity index (χ3v) is 4.12. The van der Waals surface area contributed by atoms with Gasteiger partial charge in [-0.05, 0) is 54.7 Å². The Bertz CT molecular complexity index is 390. The molecule has 2 aliphatic carbocycles. The minimum atomic E-state index is 0.0339. The summed E-state index contributed by atoms with van der Waals surface area (Å²) in [6, 6.07) is 6.95. The van der Waals surface area contributed by atoms with Crippen LogP contribution >= 0.6 is 0 Å². The van der Waals surface area contributed by atoms with E-state index < -0.39 is 0 Å².